The van der Waals surface area contributed by atoms with E-state index in [1.165, 1.54) is 11.8 Å². The molecule has 0 radical (unpaired) electrons. The molecule has 9 fully saturated rings. The van der Waals surface area contributed by atoms with Crippen molar-refractivity contribution in [1.29, 1.82) is 0 Å². The first-order valence-corrected chi connectivity index (χ1v) is 33.4. The fourth-order valence-corrected chi connectivity index (χ4v) is 14.5. The zero-order valence-corrected chi connectivity index (χ0v) is 53.3. The predicted octanol–water partition coefficient (Wildman–Crippen LogP) is -13.2. The SMILES string of the molecule is OCC1C[C@@H](O[C@H]2C(CO)C[C@@H](OCC(CO[C@@H]3OC(CO)[C@H](O[C@@H]4OC(CO)[C@H](O)[C@H](O)C4O)[C@H](O)C3O)(CO[C@@H]3OC(CO)[C@H](O[C@@H]4OC(CO)[C@H](O)[C@H](O)C4O)[C@H](O)C3O)NC(=S)NCCSCC3O[C@H]4OCCCCCC3C(O)C4O)C(O)[C@H]2O)C(O)[C@@H](O)[C@H]1O. The van der Waals surface area contributed by atoms with Crippen LogP contribution in [0.2, 0.25) is 0 Å². The first kappa shape index (κ1) is 79.3. The third-order valence-electron chi connectivity index (χ3n) is 19.0. The highest BCUT2D eigenvalue weighted by Gasteiger charge is 2.56. The first-order valence-electron chi connectivity index (χ1n) is 31.8. The van der Waals surface area contributed by atoms with Crippen LogP contribution in [0.3, 0.4) is 0 Å². The molecule has 0 amide bonds. The van der Waals surface area contributed by atoms with Crippen LogP contribution in [0.5, 0.6) is 0 Å². The fraction of sp³-hybridized carbons (Fsp3) is 0.982. The Morgan fingerprint density at radius 3 is 1.42 bits per heavy atom. The minimum Gasteiger partial charge on any atom is -0.396 e. The average molecular weight is 1420 g/mol. The minimum atomic E-state index is -2.17. The van der Waals surface area contributed by atoms with Crippen molar-refractivity contribution in [2.75, 3.05) is 84.1 Å². The van der Waals surface area contributed by atoms with Crippen LogP contribution >= 0.6 is 24.0 Å². The van der Waals surface area contributed by atoms with E-state index in [9.17, 15) is 117 Å². The second-order valence-corrected chi connectivity index (χ2v) is 27.1. The number of fused-ring (bicyclic) bond motifs is 7. The Bertz CT molecular complexity index is 2100. The molecule has 16 unspecified atom stereocenters. The lowest BCUT2D eigenvalue weighted by molar-refractivity contribution is -0.364. The number of thiocarbonyl (C=S) groups is 1. The molecule has 0 aromatic rings. The molecule has 2 bridgehead atoms. The van der Waals surface area contributed by atoms with Crippen molar-refractivity contribution in [1.82, 2.24) is 10.6 Å². The Morgan fingerprint density at radius 1 is 0.421 bits per heavy atom. The van der Waals surface area contributed by atoms with Crippen LogP contribution in [0.1, 0.15) is 38.5 Å². The largest absolute Gasteiger partial charge is 0.396 e. The Morgan fingerprint density at radius 2 is 0.895 bits per heavy atom. The van der Waals surface area contributed by atoms with E-state index < -0.39 is 279 Å². The number of aliphatic hydroxyl groups excluding tert-OH is 23. The van der Waals surface area contributed by atoms with Gasteiger partial charge in [0.05, 0.1) is 82.9 Å². The fourth-order valence-electron chi connectivity index (χ4n) is 13.2. The number of nitrogens with one attached hydrogen (secondary N) is 2. The van der Waals surface area contributed by atoms with Crippen LogP contribution in [0, 0.1) is 17.8 Å². The van der Waals surface area contributed by atoms with Gasteiger partial charge in [-0.15, -0.1) is 0 Å². The van der Waals surface area contributed by atoms with Gasteiger partial charge in [-0.25, -0.2) is 0 Å². The monoisotopic (exact) mass is 1420 g/mol. The summed E-state index contributed by atoms with van der Waals surface area (Å²) in [6.07, 6.45) is -52.8. The Balaban J connectivity index is 1.06. The summed E-state index contributed by atoms with van der Waals surface area (Å²) < 4.78 is 70.9. The van der Waals surface area contributed by atoms with Gasteiger partial charge in [-0.3, -0.25) is 0 Å². The normalized spacial score (nSPS) is 47.6. The number of thioether (sulfide) groups is 1. The zero-order valence-electron chi connectivity index (χ0n) is 51.6. The molecule has 0 aromatic heterocycles. The van der Waals surface area contributed by atoms with E-state index in [1.54, 1.807) is 0 Å². The lowest BCUT2D eigenvalue weighted by Gasteiger charge is -2.48. The maximum Gasteiger partial charge on any atom is 0.187 e. The molecule has 7 saturated heterocycles. The van der Waals surface area contributed by atoms with Gasteiger partial charge in [-0.1, -0.05) is 12.8 Å². The van der Waals surface area contributed by atoms with Crippen molar-refractivity contribution in [3.63, 3.8) is 0 Å². The lowest BCUT2D eigenvalue weighted by atomic mass is 9.78. The van der Waals surface area contributed by atoms with Crippen LogP contribution in [0.4, 0.5) is 0 Å². The van der Waals surface area contributed by atoms with E-state index in [0.717, 1.165) is 19.3 Å². The summed E-state index contributed by atoms with van der Waals surface area (Å²) in [4.78, 5) is 0. The third kappa shape index (κ3) is 18.5. The molecule has 39 heteroatoms. The van der Waals surface area contributed by atoms with Crippen molar-refractivity contribution in [2.45, 2.75) is 240 Å². The topological polar surface area (TPSA) is 600 Å². The third-order valence-corrected chi connectivity index (χ3v) is 20.3. The van der Waals surface area contributed by atoms with Gasteiger partial charge in [0.2, 0.25) is 0 Å². The van der Waals surface area contributed by atoms with Crippen LogP contribution in [0.15, 0.2) is 0 Å². The molecule has 2 aliphatic carbocycles. The highest BCUT2D eigenvalue weighted by molar-refractivity contribution is 7.99. The van der Waals surface area contributed by atoms with E-state index in [4.69, 9.17) is 69.1 Å². The van der Waals surface area contributed by atoms with E-state index in [-0.39, 0.29) is 24.5 Å². The number of hydrogen-bond acceptors (Lipinski definition) is 37. The van der Waals surface area contributed by atoms with Crippen LogP contribution in [-0.4, -0.2) is 408 Å². The number of aliphatic hydroxyl groups is 23. The molecule has 2 saturated carbocycles. The van der Waals surface area contributed by atoms with E-state index in [0.29, 0.717) is 24.5 Å². The van der Waals surface area contributed by atoms with E-state index in [1.807, 2.05) is 0 Å². The quantitative estimate of drug-likeness (QED) is 0.0268. The van der Waals surface area contributed by atoms with Crippen LogP contribution < -0.4 is 10.6 Å². The van der Waals surface area contributed by atoms with Gasteiger partial charge in [0.1, 0.15) is 134 Å². The summed E-state index contributed by atoms with van der Waals surface area (Å²) in [6, 6.07) is 0. The molecule has 0 spiro atoms. The summed E-state index contributed by atoms with van der Waals surface area (Å²) in [5.41, 5.74) is -2.13. The number of hydrogen-bond donors (Lipinski definition) is 25. The van der Waals surface area contributed by atoms with Crippen molar-refractivity contribution < 1.29 is 174 Å². The van der Waals surface area contributed by atoms with Crippen LogP contribution in [0.25, 0.3) is 0 Å². The van der Waals surface area contributed by atoms with Crippen molar-refractivity contribution in [2.24, 2.45) is 17.8 Å². The molecular weight excluding hydrogens is 1320 g/mol. The molecule has 0 aromatic carbocycles. The van der Waals surface area contributed by atoms with Gasteiger partial charge >= 0.3 is 0 Å². The maximum atomic E-state index is 11.9. The average Bonchev–Trinajstić information content (AvgIpc) is 0.842. The Hall–Kier alpha value is -1.36. The van der Waals surface area contributed by atoms with Gasteiger partial charge in [0.25, 0.3) is 0 Å². The minimum absolute atomic E-state index is 0.0742. The molecule has 7 heterocycles. The Labute approximate surface area is 554 Å². The van der Waals surface area contributed by atoms with Gasteiger partial charge < -0.3 is 185 Å². The summed E-state index contributed by atoms with van der Waals surface area (Å²) in [5, 5.41) is 255. The standard InChI is InChI=1S/C56H98N2O35S2/c59-10-20-8-24(33(68)36(71)30(20)65)86-47-21(11-60)9-23(32(67)39(47)74)83-17-56(58-55(94)57-5-7-95-16-29-22-4-2-1-3-6-82-50(91-29)42(77)31(22)66,18-84-51-45(80)40(75)48(27(14-63)89-51)92-53-43(78)37(72)34(69)25(12-61)87-53)19-85-52-46(81)41(76)49(28(15-64)90-52)93-54-44(79)38(73)35(70)26(13-62)88-54/h20-54,59-81H,1-19H2,(H2,57,58,94)/t20?,21?,22?,23-,24-,25?,26?,27?,28?,29?,30+,31?,32?,33?,34+,35+,36+,37+,38+,39-,40-,41-,42?,43?,44?,45?,46?,47+,48+,49+,50-,51-,52-,53+,54+,56?/m1/s1. The molecule has 9 rings (SSSR count). The summed E-state index contributed by atoms with van der Waals surface area (Å²) in [6.45, 7) is -7.36. The predicted molar refractivity (Wildman–Crippen MR) is 316 cm³/mol. The molecule has 9 aliphatic rings. The molecule has 25 N–H and O–H groups in total. The second kappa shape index (κ2) is 36.2. The van der Waals surface area contributed by atoms with E-state index >= 15 is 0 Å². The summed E-state index contributed by atoms with van der Waals surface area (Å²) >= 11 is 7.24. The summed E-state index contributed by atoms with van der Waals surface area (Å²) in [7, 11) is 0. The van der Waals surface area contributed by atoms with Crippen molar-refractivity contribution in [3.8, 4) is 0 Å². The number of ether oxygens (including phenoxy) is 12. The smallest absolute Gasteiger partial charge is 0.187 e. The zero-order chi connectivity index (χ0) is 69.3. The van der Waals surface area contributed by atoms with Crippen molar-refractivity contribution in [3.05, 3.63) is 0 Å². The maximum absolute atomic E-state index is 11.9. The van der Waals surface area contributed by atoms with Gasteiger partial charge in [-0.2, -0.15) is 11.8 Å². The van der Waals surface area contributed by atoms with E-state index in [2.05, 4.69) is 10.6 Å². The molecule has 95 heavy (non-hydrogen) atoms. The van der Waals surface area contributed by atoms with Gasteiger partial charge in [0, 0.05) is 55.6 Å². The lowest BCUT2D eigenvalue weighted by Crippen LogP contribution is -2.67. The molecular formula is C56H98N2O35S2. The second-order valence-electron chi connectivity index (χ2n) is 25.6. The molecule has 35 atom stereocenters. The van der Waals surface area contributed by atoms with Crippen LogP contribution in [-0.2, 0) is 56.8 Å². The number of rotatable bonds is 27. The van der Waals surface area contributed by atoms with Crippen molar-refractivity contribution >= 4 is 29.1 Å². The molecule has 7 aliphatic heterocycles. The van der Waals surface area contributed by atoms with Gasteiger partial charge in [-0.05, 0) is 37.9 Å². The highest BCUT2D eigenvalue weighted by atomic mass is 32.2. The van der Waals surface area contributed by atoms with Gasteiger partial charge in [0.15, 0.2) is 36.6 Å². The molecule has 554 valence electrons. The highest BCUT2D eigenvalue weighted by Crippen LogP contribution is 2.39. The Kier molecular flexibility index (Phi) is 30.2. The summed E-state index contributed by atoms with van der Waals surface area (Å²) in [5.74, 6) is -1.90. The molecule has 37 nitrogen and oxygen atoms in total. The first-order chi connectivity index (χ1) is 45.3.